The number of piperidine rings is 1. The van der Waals surface area contributed by atoms with E-state index in [9.17, 15) is 18.4 Å². The summed E-state index contributed by atoms with van der Waals surface area (Å²) in [4.78, 5) is 24.6. The van der Waals surface area contributed by atoms with E-state index in [4.69, 9.17) is 9.84 Å². The summed E-state index contributed by atoms with van der Waals surface area (Å²) >= 11 is 0. The van der Waals surface area contributed by atoms with Crippen LogP contribution in [0.4, 0.5) is 19.3 Å². The van der Waals surface area contributed by atoms with Crippen molar-refractivity contribution >= 4 is 17.7 Å². The number of alkyl halides is 2. The number of carbonyl (C=O) groups excluding carboxylic acids is 1. The van der Waals surface area contributed by atoms with Gasteiger partial charge in [-0.2, -0.15) is 8.78 Å². The molecule has 2 amide bonds. The number of carboxylic acid groups (broad SMARTS) is 1. The zero-order chi connectivity index (χ0) is 17.7. The minimum Gasteiger partial charge on any atom is -0.497 e. The Kier molecular flexibility index (Phi) is 5.78. The normalized spacial score (nSPS) is 15.2. The van der Waals surface area contributed by atoms with Crippen LogP contribution in [0.3, 0.4) is 0 Å². The van der Waals surface area contributed by atoms with E-state index in [1.54, 1.807) is 0 Å². The van der Waals surface area contributed by atoms with Crippen molar-refractivity contribution in [1.29, 1.82) is 0 Å². The van der Waals surface area contributed by atoms with Gasteiger partial charge < -0.3 is 24.8 Å². The number of anilines is 1. The SMILES string of the molecule is COc1ccc(OC(F)F)c(NC(=O)N2CCC(C(=O)O)CC2)c1. The number of urea groups is 1. The van der Waals surface area contributed by atoms with E-state index in [1.165, 1.54) is 30.2 Å². The van der Waals surface area contributed by atoms with Crippen LogP contribution in [0.5, 0.6) is 11.5 Å². The lowest BCUT2D eigenvalue weighted by Gasteiger charge is -2.30. The van der Waals surface area contributed by atoms with Gasteiger partial charge in [0.05, 0.1) is 18.7 Å². The minimum absolute atomic E-state index is 0.0556. The highest BCUT2D eigenvalue weighted by Crippen LogP contribution is 2.31. The first-order valence-corrected chi connectivity index (χ1v) is 7.32. The van der Waals surface area contributed by atoms with Gasteiger partial charge in [0, 0.05) is 19.2 Å². The van der Waals surface area contributed by atoms with Crippen LogP contribution < -0.4 is 14.8 Å². The molecule has 2 N–H and O–H groups in total. The number of aliphatic carboxylic acids is 1. The molecule has 0 aliphatic carbocycles. The van der Waals surface area contributed by atoms with Crippen LogP contribution in [0.1, 0.15) is 12.8 Å². The molecule has 1 heterocycles. The Morgan fingerprint density at radius 2 is 2.00 bits per heavy atom. The van der Waals surface area contributed by atoms with Gasteiger partial charge in [0.1, 0.15) is 11.5 Å². The Labute approximate surface area is 137 Å². The lowest BCUT2D eigenvalue weighted by atomic mass is 9.97. The third kappa shape index (κ3) is 4.46. The van der Waals surface area contributed by atoms with Crippen molar-refractivity contribution in [2.75, 3.05) is 25.5 Å². The third-order valence-electron chi connectivity index (χ3n) is 3.78. The van der Waals surface area contributed by atoms with Gasteiger partial charge in [-0.25, -0.2) is 4.79 Å². The average Bonchev–Trinajstić information content (AvgIpc) is 2.56. The summed E-state index contributed by atoms with van der Waals surface area (Å²) in [5.41, 5.74) is 0.0556. The van der Waals surface area contributed by atoms with Gasteiger partial charge in [0.15, 0.2) is 0 Å². The first-order valence-electron chi connectivity index (χ1n) is 7.32. The molecule has 0 aromatic heterocycles. The second-order valence-electron chi connectivity index (χ2n) is 5.27. The molecule has 0 bridgehead atoms. The molecule has 1 aromatic rings. The summed E-state index contributed by atoms with van der Waals surface area (Å²) in [5, 5.41) is 11.5. The summed E-state index contributed by atoms with van der Waals surface area (Å²) < 4.78 is 34.3. The Morgan fingerprint density at radius 1 is 1.33 bits per heavy atom. The Morgan fingerprint density at radius 3 is 2.54 bits per heavy atom. The number of hydrogen-bond acceptors (Lipinski definition) is 4. The number of carboxylic acids is 1. The molecule has 1 aliphatic heterocycles. The number of likely N-dealkylation sites (tertiary alicyclic amines) is 1. The van der Waals surface area contributed by atoms with Gasteiger partial charge in [0.2, 0.25) is 0 Å². The largest absolute Gasteiger partial charge is 0.497 e. The second-order valence-corrected chi connectivity index (χ2v) is 5.27. The fourth-order valence-electron chi connectivity index (χ4n) is 2.46. The molecule has 1 aliphatic rings. The maximum Gasteiger partial charge on any atom is 0.387 e. The molecule has 0 unspecified atom stereocenters. The topological polar surface area (TPSA) is 88.1 Å². The van der Waals surface area contributed by atoms with Crippen molar-refractivity contribution in [3.63, 3.8) is 0 Å². The number of nitrogens with one attached hydrogen (secondary N) is 1. The highest BCUT2D eigenvalue weighted by molar-refractivity contribution is 5.91. The van der Waals surface area contributed by atoms with Gasteiger partial charge in [-0.15, -0.1) is 0 Å². The summed E-state index contributed by atoms with van der Waals surface area (Å²) in [6, 6.07) is 3.58. The maximum absolute atomic E-state index is 12.5. The van der Waals surface area contributed by atoms with Gasteiger partial charge in [-0.3, -0.25) is 4.79 Å². The molecule has 0 spiro atoms. The zero-order valence-electron chi connectivity index (χ0n) is 13.0. The molecular formula is C15H18F2N2O5. The number of carbonyl (C=O) groups is 2. The summed E-state index contributed by atoms with van der Waals surface area (Å²) in [5.74, 6) is -1.16. The molecule has 2 rings (SSSR count). The monoisotopic (exact) mass is 344 g/mol. The lowest BCUT2D eigenvalue weighted by molar-refractivity contribution is -0.143. The van der Waals surface area contributed by atoms with Crippen LogP contribution in [0, 0.1) is 5.92 Å². The van der Waals surface area contributed by atoms with Gasteiger partial charge in [0.25, 0.3) is 0 Å². The fourth-order valence-corrected chi connectivity index (χ4v) is 2.46. The van der Waals surface area contributed by atoms with Crippen molar-refractivity contribution < 1.29 is 33.0 Å². The molecule has 0 atom stereocenters. The number of methoxy groups -OCH3 is 1. The van der Waals surface area contributed by atoms with Crippen molar-refractivity contribution in [3.05, 3.63) is 18.2 Å². The number of nitrogens with zero attached hydrogens (tertiary/aromatic N) is 1. The molecule has 132 valence electrons. The number of amides is 2. The van der Waals surface area contributed by atoms with Crippen molar-refractivity contribution in [2.24, 2.45) is 5.92 Å². The van der Waals surface area contributed by atoms with E-state index < -0.39 is 24.5 Å². The van der Waals surface area contributed by atoms with Crippen molar-refractivity contribution in [2.45, 2.75) is 19.5 Å². The standard InChI is InChI=1S/C15H18F2N2O5/c1-23-10-2-3-12(24-14(16)17)11(8-10)18-15(22)19-6-4-9(5-7-19)13(20)21/h2-3,8-9,14H,4-7H2,1H3,(H,18,22)(H,20,21). The number of benzene rings is 1. The van der Waals surface area contributed by atoms with Crippen molar-refractivity contribution in [1.82, 2.24) is 4.90 Å². The summed E-state index contributed by atoms with van der Waals surface area (Å²) in [6.07, 6.45) is 0.697. The molecule has 0 saturated carbocycles. The Hall–Kier alpha value is -2.58. The predicted molar refractivity (Wildman–Crippen MR) is 80.6 cm³/mol. The molecule has 1 fully saturated rings. The van der Waals surface area contributed by atoms with Gasteiger partial charge >= 0.3 is 18.6 Å². The number of halogens is 2. The van der Waals surface area contributed by atoms with E-state index in [0.717, 1.165) is 0 Å². The molecule has 24 heavy (non-hydrogen) atoms. The third-order valence-corrected chi connectivity index (χ3v) is 3.78. The lowest BCUT2D eigenvalue weighted by Crippen LogP contribution is -2.42. The van der Waals surface area contributed by atoms with E-state index in [2.05, 4.69) is 10.1 Å². The zero-order valence-corrected chi connectivity index (χ0v) is 13.0. The van der Waals surface area contributed by atoms with Crippen LogP contribution in [-0.4, -0.2) is 48.8 Å². The average molecular weight is 344 g/mol. The van der Waals surface area contributed by atoms with Crippen LogP contribution in [0.2, 0.25) is 0 Å². The maximum atomic E-state index is 12.5. The molecule has 1 saturated heterocycles. The quantitative estimate of drug-likeness (QED) is 0.857. The van der Waals surface area contributed by atoms with E-state index in [1.807, 2.05) is 0 Å². The van der Waals surface area contributed by atoms with Gasteiger partial charge in [-0.1, -0.05) is 0 Å². The highest BCUT2D eigenvalue weighted by Gasteiger charge is 2.27. The molecule has 9 heteroatoms. The fraction of sp³-hybridized carbons (Fsp3) is 0.467. The Bertz CT molecular complexity index is 604. The smallest absolute Gasteiger partial charge is 0.387 e. The van der Waals surface area contributed by atoms with Gasteiger partial charge in [-0.05, 0) is 25.0 Å². The van der Waals surface area contributed by atoms with E-state index >= 15 is 0 Å². The van der Waals surface area contributed by atoms with E-state index in [-0.39, 0.29) is 24.5 Å². The highest BCUT2D eigenvalue weighted by atomic mass is 19.3. The van der Waals surface area contributed by atoms with Crippen LogP contribution in [0.15, 0.2) is 18.2 Å². The molecule has 1 aromatic carbocycles. The Balaban J connectivity index is 2.06. The van der Waals surface area contributed by atoms with E-state index in [0.29, 0.717) is 18.6 Å². The van der Waals surface area contributed by atoms with Crippen molar-refractivity contribution in [3.8, 4) is 11.5 Å². The van der Waals surface area contributed by atoms with Crippen LogP contribution in [0.25, 0.3) is 0 Å². The predicted octanol–water partition coefficient (Wildman–Crippen LogP) is 2.63. The first kappa shape index (κ1) is 17.8. The molecule has 7 nitrogen and oxygen atoms in total. The second kappa shape index (κ2) is 7.80. The molecular weight excluding hydrogens is 326 g/mol. The molecule has 0 radical (unpaired) electrons. The summed E-state index contributed by atoms with van der Waals surface area (Å²) in [7, 11) is 1.41. The minimum atomic E-state index is -3.03. The first-order chi connectivity index (χ1) is 11.4. The van der Waals surface area contributed by atoms with Crippen LogP contribution >= 0.6 is 0 Å². The number of rotatable bonds is 5. The summed E-state index contributed by atoms with van der Waals surface area (Å²) in [6.45, 7) is -2.48. The number of ether oxygens (including phenoxy) is 2. The number of hydrogen-bond donors (Lipinski definition) is 2. The van der Waals surface area contributed by atoms with Crippen LogP contribution in [-0.2, 0) is 4.79 Å².